The van der Waals surface area contributed by atoms with Crippen molar-refractivity contribution >= 4 is 35.8 Å². The molecule has 0 aromatic heterocycles. The number of benzene rings is 6. The van der Waals surface area contributed by atoms with Gasteiger partial charge in [-0.3, -0.25) is 0 Å². The molecule has 0 unspecified atom stereocenters. The number of ether oxygens (including phenoxy) is 6. The van der Waals surface area contributed by atoms with E-state index in [0.29, 0.717) is 39.8 Å². The number of hydrogen-bond acceptors (Lipinski definition) is 12. The Hall–Kier alpha value is -7.86. The third-order valence-corrected chi connectivity index (χ3v) is 9.41. The van der Waals surface area contributed by atoms with Crippen molar-refractivity contribution in [2.24, 2.45) is 5.41 Å². The van der Waals surface area contributed by atoms with Gasteiger partial charge in [-0.15, -0.1) is 0 Å². The summed E-state index contributed by atoms with van der Waals surface area (Å²) in [5.41, 5.74) is 1.39. The Balaban J connectivity index is 0.000000239. The maximum Gasteiger partial charge on any atom is 0.338 e. The van der Waals surface area contributed by atoms with Crippen LogP contribution in [0.3, 0.4) is 0 Å². The van der Waals surface area contributed by atoms with E-state index in [9.17, 15) is 28.8 Å². The van der Waals surface area contributed by atoms with Crippen molar-refractivity contribution in [3.05, 3.63) is 215 Å². The van der Waals surface area contributed by atoms with Crippen LogP contribution in [-0.2, 0) is 28.4 Å². The lowest BCUT2D eigenvalue weighted by Crippen LogP contribution is -2.39. The molecule has 0 N–H and O–H groups in total. The van der Waals surface area contributed by atoms with Gasteiger partial charge in [0.25, 0.3) is 0 Å². The molecule has 0 amide bonds. The maximum absolute atomic E-state index is 12.5. The molecule has 0 saturated carbocycles. The highest BCUT2D eigenvalue weighted by molar-refractivity contribution is 5.92. The summed E-state index contributed by atoms with van der Waals surface area (Å²) in [5, 5.41) is 0. The third kappa shape index (κ3) is 15.0. The van der Waals surface area contributed by atoms with E-state index < -0.39 is 47.3 Å². The van der Waals surface area contributed by atoms with Gasteiger partial charge >= 0.3 is 35.8 Å². The highest BCUT2D eigenvalue weighted by atomic mass is 16.6. The van der Waals surface area contributed by atoms with Gasteiger partial charge in [-0.1, -0.05) is 116 Å². The van der Waals surface area contributed by atoms with Crippen LogP contribution in [0.4, 0.5) is 0 Å². The molecule has 0 aliphatic rings. The Kier molecular flexibility index (Phi) is 17.9. The molecule has 0 radical (unpaired) electrons. The van der Waals surface area contributed by atoms with Gasteiger partial charge in [0.1, 0.15) is 33.0 Å². The molecule has 6 aromatic carbocycles. The van der Waals surface area contributed by atoms with E-state index in [0.717, 1.165) is 0 Å². The Morgan fingerprint density at radius 2 is 0.571 bits per heavy atom. The predicted octanol–water partition coefficient (Wildman–Crippen LogP) is 8.88. The first-order valence-corrected chi connectivity index (χ1v) is 20.0. The van der Waals surface area contributed by atoms with E-state index in [1.807, 2.05) is 6.92 Å². The normalized spacial score (nSPS) is 10.6. The average Bonchev–Trinajstić information content (AvgIpc) is 3.36. The molecule has 6 rings (SSSR count). The van der Waals surface area contributed by atoms with Gasteiger partial charge in [0.15, 0.2) is 6.10 Å². The molecule has 0 aliphatic carbocycles. The molecule has 6 aromatic rings. The summed E-state index contributed by atoms with van der Waals surface area (Å²) in [5.74, 6) is -3.24. The summed E-state index contributed by atoms with van der Waals surface area (Å²) in [6, 6.07) is 51.1. The van der Waals surface area contributed by atoms with Crippen LogP contribution in [0, 0.1) is 5.41 Å². The minimum Gasteiger partial charge on any atom is -0.461 e. The standard InChI is InChI=1S/C27H26O6.C24H20O6/c1-2-27(18-31-24(28)21-12-6-3-7-13-21,19-32-25(29)22-14-8-4-9-15-22)20-33-26(30)23-16-10-5-11-17-23;25-22(18-10-4-1-5-11-18)28-16-21(30-24(27)20-14-8-3-9-15-20)17-29-23(26)19-12-6-2-7-13-19/h3-17H,2,18-20H2,1H3;1-15,21H,16-17H2. The molecule has 12 nitrogen and oxygen atoms in total. The van der Waals surface area contributed by atoms with Gasteiger partial charge in [0, 0.05) is 0 Å². The van der Waals surface area contributed by atoms with E-state index >= 15 is 0 Å². The summed E-state index contributed by atoms with van der Waals surface area (Å²) in [6.07, 6.45) is -0.516. The number of rotatable bonds is 18. The Morgan fingerprint density at radius 3 is 0.810 bits per heavy atom. The Morgan fingerprint density at radius 1 is 0.349 bits per heavy atom. The zero-order valence-electron chi connectivity index (χ0n) is 34.5. The second kappa shape index (κ2) is 24.4. The van der Waals surface area contributed by atoms with Gasteiger partial charge in [-0.2, -0.15) is 0 Å². The SMILES string of the molecule is CCC(COC(=O)c1ccccc1)(COC(=O)c1ccccc1)COC(=O)c1ccccc1.O=C(OCC(COC(=O)c1ccccc1)OC(=O)c1ccccc1)c1ccccc1. The first-order valence-electron chi connectivity index (χ1n) is 20.0. The molecule has 0 spiro atoms. The van der Waals surface area contributed by atoms with E-state index in [2.05, 4.69) is 0 Å². The third-order valence-electron chi connectivity index (χ3n) is 9.41. The summed E-state index contributed by atoms with van der Waals surface area (Å²) in [7, 11) is 0. The minimum absolute atomic E-state index is 0.0820. The maximum atomic E-state index is 12.5. The van der Waals surface area contributed by atoms with Crippen molar-refractivity contribution in [1.29, 1.82) is 0 Å². The first-order chi connectivity index (χ1) is 30.7. The highest BCUT2D eigenvalue weighted by Crippen LogP contribution is 2.26. The van der Waals surface area contributed by atoms with Crippen molar-refractivity contribution in [2.45, 2.75) is 19.4 Å². The lowest BCUT2D eigenvalue weighted by Gasteiger charge is -2.31. The number of esters is 6. The summed E-state index contributed by atoms with van der Waals surface area (Å²) in [6.45, 7) is 1.11. The van der Waals surface area contributed by atoms with Crippen LogP contribution in [0.15, 0.2) is 182 Å². The van der Waals surface area contributed by atoms with Gasteiger partial charge < -0.3 is 28.4 Å². The van der Waals surface area contributed by atoms with Gasteiger partial charge in [-0.25, -0.2) is 28.8 Å². The van der Waals surface area contributed by atoms with Crippen LogP contribution in [0.1, 0.15) is 75.5 Å². The van der Waals surface area contributed by atoms with Crippen molar-refractivity contribution in [1.82, 2.24) is 0 Å². The monoisotopic (exact) mass is 850 g/mol. The average molecular weight is 851 g/mol. The van der Waals surface area contributed by atoms with Gasteiger partial charge in [-0.05, 0) is 79.2 Å². The van der Waals surface area contributed by atoms with Crippen LogP contribution >= 0.6 is 0 Å². The lowest BCUT2D eigenvalue weighted by molar-refractivity contribution is -0.0381. The van der Waals surface area contributed by atoms with E-state index in [-0.39, 0.29) is 33.0 Å². The van der Waals surface area contributed by atoms with Crippen LogP contribution < -0.4 is 0 Å². The number of carbonyl (C=O) groups is 6. The van der Waals surface area contributed by atoms with Crippen molar-refractivity contribution in [2.75, 3.05) is 33.0 Å². The highest BCUT2D eigenvalue weighted by Gasteiger charge is 2.35. The molecular weight excluding hydrogens is 805 g/mol. The quantitative estimate of drug-likeness (QED) is 0.0599. The lowest BCUT2D eigenvalue weighted by atomic mass is 9.88. The summed E-state index contributed by atoms with van der Waals surface area (Å²) >= 11 is 0. The molecule has 0 atom stereocenters. The fourth-order valence-corrected chi connectivity index (χ4v) is 5.62. The minimum atomic E-state index is -0.960. The predicted molar refractivity (Wildman–Crippen MR) is 232 cm³/mol. The zero-order chi connectivity index (χ0) is 44.7. The topological polar surface area (TPSA) is 158 Å². The van der Waals surface area contributed by atoms with E-state index in [4.69, 9.17) is 28.4 Å². The molecule has 0 heterocycles. The summed E-state index contributed by atoms with van der Waals surface area (Å²) < 4.78 is 32.5. The molecule has 0 bridgehead atoms. The van der Waals surface area contributed by atoms with Gasteiger partial charge in [0.2, 0.25) is 0 Å². The van der Waals surface area contributed by atoms with Crippen LogP contribution in [-0.4, -0.2) is 75.0 Å². The Labute approximate surface area is 365 Å². The smallest absolute Gasteiger partial charge is 0.338 e. The molecule has 0 fully saturated rings. The van der Waals surface area contributed by atoms with Crippen molar-refractivity contribution in [3.63, 3.8) is 0 Å². The van der Waals surface area contributed by atoms with E-state index in [1.54, 1.807) is 182 Å². The van der Waals surface area contributed by atoms with Crippen molar-refractivity contribution < 1.29 is 57.2 Å². The molecule has 63 heavy (non-hydrogen) atoms. The summed E-state index contributed by atoms with van der Waals surface area (Å²) in [4.78, 5) is 74.2. The number of carbonyl (C=O) groups excluding carboxylic acids is 6. The molecule has 0 aliphatic heterocycles. The number of hydrogen-bond donors (Lipinski definition) is 0. The van der Waals surface area contributed by atoms with Crippen LogP contribution in [0.2, 0.25) is 0 Å². The second-order valence-electron chi connectivity index (χ2n) is 14.0. The second-order valence-corrected chi connectivity index (χ2v) is 14.0. The fraction of sp³-hybridized carbons (Fsp3) is 0.176. The molecular formula is C51H46O12. The Bertz CT molecular complexity index is 2170. The van der Waals surface area contributed by atoms with Crippen LogP contribution in [0.5, 0.6) is 0 Å². The fourth-order valence-electron chi connectivity index (χ4n) is 5.62. The molecule has 12 heteroatoms. The van der Waals surface area contributed by atoms with E-state index in [1.165, 1.54) is 0 Å². The van der Waals surface area contributed by atoms with Crippen molar-refractivity contribution in [3.8, 4) is 0 Å². The zero-order valence-corrected chi connectivity index (χ0v) is 34.5. The molecule has 322 valence electrons. The van der Waals surface area contributed by atoms with Crippen LogP contribution in [0.25, 0.3) is 0 Å². The van der Waals surface area contributed by atoms with Gasteiger partial charge in [0.05, 0.1) is 38.8 Å². The molecule has 0 saturated heterocycles. The first kappa shape index (κ1) is 46.2. The largest absolute Gasteiger partial charge is 0.461 e.